The quantitative estimate of drug-likeness (QED) is 0.690. The summed E-state index contributed by atoms with van der Waals surface area (Å²) in [4.78, 5) is 11.5. The summed E-state index contributed by atoms with van der Waals surface area (Å²) in [5.41, 5.74) is 2.05. The fourth-order valence-corrected chi connectivity index (χ4v) is 3.49. The first-order valence-corrected chi connectivity index (χ1v) is 7.34. The summed E-state index contributed by atoms with van der Waals surface area (Å²) in [7, 11) is 0. The van der Waals surface area contributed by atoms with Gasteiger partial charge in [-0.1, -0.05) is 18.2 Å². The van der Waals surface area contributed by atoms with Gasteiger partial charge in [-0.15, -0.1) is 11.8 Å². The Balaban J connectivity index is 1.90. The summed E-state index contributed by atoms with van der Waals surface area (Å²) in [5.74, 6) is 0.876. The molecule has 3 rings (SSSR count). The average Bonchev–Trinajstić information content (AvgIpc) is 2.91. The number of thioether (sulfide) groups is 1. The molecule has 1 aliphatic rings. The highest BCUT2D eigenvalue weighted by molar-refractivity contribution is 7.99. The summed E-state index contributed by atoms with van der Waals surface area (Å²) in [6.07, 6.45) is 0. The highest BCUT2D eigenvalue weighted by Gasteiger charge is 2.23. The lowest BCUT2D eigenvalue weighted by atomic mass is 10.1. The number of benzene rings is 2. The third-order valence-corrected chi connectivity index (χ3v) is 4.55. The third-order valence-electron chi connectivity index (χ3n) is 3.36. The largest absolute Gasteiger partial charge is 0.376 e. The first-order valence-electron chi connectivity index (χ1n) is 6.36. The van der Waals surface area contributed by atoms with Crippen LogP contribution >= 0.6 is 11.8 Å². The molecule has 0 saturated heterocycles. The Morgan fingerprint density at radius 3 is 2.90 bits per heavy atom. The van der Waals surface area contributed by atoms with Crippen LogP contribution in [0.4, 0.5) is 11.4 Å². The van der Waals surface area contributed by atoms with Gasteiger partial charge in [0.25, 0.3) is 5.69 Å². The molecule has 1 aliphatic heterocycles. The molecule has 6 heteroatoms. The van der Waals surface area contributed by atoms with E-state index in [0.717, 1.165) is 5.75 Å². The normalized spacial score (nSPS) is 16.0. The maximum atomic E-state index is 10.8. The molecular formula is C15H11N3O2S. The number of nitro groups is 1. The van der Waals surface area contributed by atoms with E-state index < -0.39 is 4.92 Å². The average molecular weight is 297 g/mol. The van der Waals surface area contributed by atoms with Crippen molar-refractivity contribution in [3.63, 3.8) is 0 Å². The van der Waals surface area contributed by atoms with Gasteiger partial charge in [0.05, 0.1) is 22.2 Å². The van der Waals surface area contributed by atoms with Crippen molar-refractivity contribution in [2.24, 2.45) is 0 Å². The number of hydrogen-bond acceptors (Lipinski definition) is 5. The summed E-state index contributed by atoms with van der Waals surface area (Å²) in [5, 5.41) is 23.3. The summed E-state index contributed by atoms with van der Waals surface area (Å²) < 4.78 is 0. The summed E-state index contributed by atoms with van der Waals surface area (Å²) >= 11 is 1.76. The van der Waals surface area contributed by atoms with Crippen molar-refractivity contribution in [3.8, 4) is 6.07 Å². The van der Waals surface area contributed by atoms with Crippen LogP contribution in [0, 0.1) is 21.4 Å². The smallest absolute Gasteiger partial charge is 0.270 e. The van der Waals surface area contributed by atoms with E-state index in [9.17, 15) is 15.4 Å². The molecule has 1 atom stereocenters. The number of rotatable bonds is 3. The first kappa shape index (κ1) is 13.5. The highest BCUT2D eigenvalue weighted by atomic mass is 32.2. The molecule has 0 aliphatic carbocycles. The molecule has 0 radical (unpaired) electrons. The van der Waals surface area contributed by atoms with E-state index in [0.29, 0.717) is 11.3 Å². The van der Waals surface area contributed by atoms with Crippen molar-refractivity contribution in [2.75, 3.05) is 11.1 Å². The topological polar surface area (TPSA) is 79.0 Å². The second-order valence-electron chi connectivity index (χ2n) is 4.64. The molecule has 0 fully saturated rings. The third kappa shape index (κ3) is 2.56. The number of non-ortho nitro benzene ring substituents is 1. The Morgan fingerprint density at radius 2 is 2.14 bits per heavy atom. The fourth-order valence-electron chi connectivity index (χ4n) is 2.33. The van der Waals surface area contributed by atoms with E-state index in [1.807, 2.05) is 18.2 Å². The monoisotopic (exact) mass is 297 g/mol. The molecule has 0 saturated carbocycles. The van der Waals surface area contributed by atoms with Crippen LogP contribution in [0.25, 0.3) is 0 Å². The van der Waals surface area contributed by atoms with Gasteiger partial charge in [0, 0.05) is 22.8 Å². The molecule has 104 valence electrons. The van der Waals surface area contributed by atoms with Crippen LogP contribution in [0.5, 0.6) is 0 Å². The molecule has 0 spiro atoms. The van der Waals surface area contributed by atoms with Crippen LogP contribution in [0.15, 0.2) is 47.4 Å². The minimum absolute atomic E-state index is 0.0710. The zero-order chi connectivity index (χ0) is 14.8. The van der Waals surface area contributed by atoms with Crippen molar-refractivity contribution < 1.29 is 4.92 Å². The Hall–Kier alpha value is -2.52. The van der Waals surface area contributed by atoms with E-state index >= 15 is 0 Å². The first-order chi connectivity index (χ1) is 10.2. The van der Waals surface area contributed by atoms with Crippen LogP contribution in [-0.2, 0) is 0 Å². The Kier molecular flexibility index (Phi) is 3.50. The lowest BCUT2D eigenvalue weighted by Crippen LogP contribution is -2.10. The lowest BCUT2D eigenvalue weighted by Gasteiger charge is -2.15. The number of anilines is 1. The van der Waals surface area contributed by atoms with Gasteiger partial charge in [-0.2, -0.15) is 5.26 Å². The minimum atomic E-state index is -0.495. The maximum Gasteiger partial charge on any atom is 0.270 e. The Morgan fingerprint density at radius 1 is 1.33 bits per heavy atom. The molecule has 5 nitrogen and oxygen atoms in total. The van der Waals surface area contributed by atoms with Crippen LogP contribution in [0.3, 0.4) is 0 Å². The van der Waals surface area contributed by atoms with Gasteiger partial charge in [-0.05, 0) is 17.7 Å². The predicted molar refractivity (Wildman–Crippen MR) is 81.3 cm³/mol. The van der Waals surface area contributed by atoms with E-state index in [2.05, 4.69) is 17.4 Å². The standard InChI is InChI=1S/C15H11N3O2S/c16-8-10-7-11(18(19)20)5-6-13(10)17-14-9-21-15-4-2-1-3-12(14)15/h1-7,14,17H,9H2. The highest BCUT2D eigenvalue weighted by Crippen LogP contribution is 2.40. The number of nitrogens with one attached hydrogen (secondary N) is 1. The van der Waals surface area contributed by atoms with Crippen LogP contribution in [0.2, 0.25) is 0 Å². The molecule has 1 unspecified atom stereocenters. The number of nitrogens with zero attached hydrogens (tertiary/aromatic N) is 2. The van der Waals surface area contributed by atoms with Crippen LogP contribution < -0.4 is 5.32 Å². The van der Waals surface area contributed by atoms with Crippen molar-refractivity contribution in [1.82, 2.24) is 0 Å². The van der Waals surface area contributed by atoms with E-state index in [4.69, 9.17) is 0 Å². The van der Waals surface area contributed by atoms with Gasteiger partial charge in [-0.25, -0.2) is 0 Å². The van der Waals surface area contributed by atoms with E-state index in [1.54, 1.807) is 17.8 Å². The second-order valence-corrected chi connectivity index (χ2v) is 5.71. The fraction of sp³-hybridized carbons (Fsp3) is 0.133. The minimum Gasteiger partial charge on any atom is -0.376 e. The van der Waals surface area contributed by atoms with Gasteiger partial charge in [-0.3, -0.25) is 10.1 Å². The molecule has 2 aromatic carbocycles. The lowest BCUT2D eigenvalue weighted by molar-refractivity contribution is -0.384. The molecule has 1 heterocycles. The van der Waals surface area contributed by atoms with Crippen LogP contribution in [0.1, 0.15) is 17.2 Å². The SMILES string of the molecule is N#Cc1cc([N+](=O)[O-])ccc1NC1CSc2ccccc21. The number of nitriles is 1. The van der Waals surface area contributed by atoms with Crippen molar-refractivity contribution in [3.05, 3.63) is 63.7 Å². The van der Waals surface area contributed by atoms with Crippen LogP contribution in [-0.4, -0.2) is 10.7 Å². The molecular weight excluding hydrogens is 286 g/mol. The van der Waals surface area contributed by atoms with Gasteiger partial charge in [0.15, 0.2) is 0 Å². The molecule has 0 amide bonds. The van der Waals surface area contributed by atoms with Gasteiger partial charge in [0.1, 0.15) is 6.07 Å². The molecule has 2 aromatic rings. The van der Waals surface area contributed by atoms with Crippen molar-refractivity contribution in [1.29, 1.82) is 5.26 Å². The second kappa shape index (κ2) is 5.46. The van der Waals surface area contributed by atoms with Gasteiger partial charge in [0.2, 0.25) is 0 Å². The van der Waals surface area contributed by atoms with Gasteiger partial charge < -0.3 is 5.32 Å². The molecule has 21 heavy (non-hydrogen) atoms. The van der Waals surface area contributed by atoms with E-state index in [1.165, 1.54) is 22.6 Å². The summed E-state index contributed by atoms with van der Waals surface area (Å²) in [6, 6.07) is 14.6. The van der Waals surface area contributed by atoms with Crippen molar-refractivity contribution >= 4 is 23.1 Å². The number of fused-ring (bicyclic) bond motifs is 1. The number of nitro benzene ring substituents is 1. The Bertz CT molecular complexity index is 755. The molecule has 1 N–H and O–H groups in total. The molecule has 0 bridgehead atoms. The zero-order valence-corrected chi connectivity index (χ0v) is 11.8. The van der Waals surface area contributed by atoms with Crippen molar-refractivity contribution in [2.45, 2.75) is 10.9 Å². The Labute approximate surface area is 125 Å². The number of hydrogen-bond donors (Lipinski definition) is 1. The van der Waals surface area contributed by atoms with Gasteiger partial charge >= 0.3 is 0 Å². The predicted octanol–water partition coefficient (Wildman–Crippen LogP) is 3.73. The summed E-state index contributed by atoms with van der Waals surface area (Å²) in [6.45, 7) is 0. The zero-order valence-electron chi connectivity index (χ0n) is 10.9. The maximum absolute atomic E-state index is 10.8. The van der Waals surface area contributed by atoms with E-state index in [-0.39, 0.29) is 11.7 Å². The molecule has 0 aromatic heterocycles.